The van der Waals surface area contributed by atoms with Crippen LogP contribution in [0, 0.1) is 0 Å². The number of halogens is 1. The molecule has 66 valence electrons. The molecule has 0 aliphatic carbocycles. The maximum atomic E-state index is 5.81. The molecule has 2 aromatic rings. The highest BCUT2D eigenvalue weighted by Crippen LogP contribution is 2.20. The Balaban J connectivity index is 2.68. The summed E-state index contributed by atoms with van der Waals surface area (Å²) in [4.78, 5) is 7.31. The van der Waals surface area contributed by atoms with Gasteiger partial charge in [-0.25, -0.2) is 4.98 Å². The van der Waals surface area contributed by atoms with Crippen molar-refractivity contribution in [3.05, 3.63) is 35.6 Å². The molecule has 0 amide bonds. The summed E-state index contributed by atoms with van der Waals surface area (Å²) in [6.45, 7) is 5.80. The van der Waals surface area contributed by atoms with Crippen LogP contribution in [0.5, 0.6) is 0 Å². The zero-order valence-corrected chi connectivity index (χ0v) is 8.02. The molecule has 2 nitrogen and oxygen atoms in total. The fourth-order valence-electron chi connectivity index (χ4n) is 1.22. The molecule has 2 aromatic heterocycles. The minimum absolute atomic E-state index is 0.653. The lowest BCUT2D eigenvalue weighted by molar-refractivity contribution is 1.30. The number of rotatable bonds is 1. The summed E-state index contributed by atoms with van der Waals surface area (Å²) >= 11 is 5.81. The van der Waals surface area contributed by atoms with Crippen LogP contribution in [0.2, 0.25) is 5.02 Å². The zero-order chi connectivity index (χ0) is 9.42. The summed E-state index contributed by atoms with van der Waals surface area (Å²) in [5.41, 5.74) is 2.85. The number of nitrogens with one attached hydrogen (secondary N) is 1. The van der Waals surface area contributed by atoms with Gasteiger partial charge in [-0.15, -0.1) is 0 Å². The average molecular weight is 193 g/mol. The van der Waals surface area contributed by atoms with Crippen molar-refractivity contribution < 1.29 is 0 Å². The van der Waals surface area contributed by atoms with Crippen LogP contribution in [0.15, 0.2) is 24.9 Å². The molecule has 0 saturated carbocycles. The van der Waals surface area contributed by atoms with E-state index in [2.05, 4.69) is 16.5 Å². The maximum Gasteiger partial charge on any atom is 0.137 e. The average Bonchev–Trinajstić information content (AvgIpc) is 2.46. The van der Waals surface area contributed by atoms with Gasteiger partial charge in [-0.3, -0.25) is 0 Å². The van der Waals surface area contributed by atoms with Gasteiger partial charge in [0.1, 0.15) is 5.65 Å². The molecule has 0 bridgehead atoms. The number of aromatic nitrogens is 2. The van der Waals surface area contributed by atoms with Crippen molar-refractivity contribution in [3.8, 4) is 0 Å². The molecule has 0 fully saturated rings. The van der Waals surface area contributed by atoms with Gasteiger partial charge in [-0.2, -0.15) is 0 Å². The monoisotopic (exact) mass is 192 g/mol. The van der Waals surface area contributed by atoms with E-state index < -0.39 is 0 Å². The molecule has 0 radical (unpaired) electrons. The Bertz CT molecular complexity index is 471. The van der Waals surface area contributed by atoms with E-state index in [1.54, 1.807) is 6.20 Å². The fourth-order valence-corrected chi connectivity index (χ4v) is 1.38. The number of hydrogen-bond donors (Lipinski definition) is 1. The standard InChI is InChI=1S/C10H9ClN2/c1-6(2)9-4-7-3-8(11)5-12-10(7)13-9/h3-5H,1H2,2H3,(H,12,13). The Morgan fingerprint density at radius 2 is 2.31 bits per heavy atom. The van der Waals surface area contributed by atoms with Gasteiger partial charge in [-0.05, 0) is 24.6 Å². The molecule has 0 aromatic carbocycles. The first-order valence-electron chi connectivity index (χ1n) is 3.97. The second kappa shape index (κ2) is 2.89. The lowest BCUT2D eigenvalue weighted by Gasteiger charge is -1.89. The van der Waals surface area contributed by atoms with Crippen LogP contribution in [0.25, 0.3) is 16.6 Å². The van der Waals surface area contributed by atoms with E-state index in [0.29, 0.717) is 5.02 Å². The third-order valence-corrected chi connectivity index (χ3v) is 2.10. The lowest BCUT2D eigenvalue weighted by Crippen LogP contribution is -1.77. The molecule has 0 aliphatic heterocycles. The molecular weight excluding hydrogens is 184 g/mol. The van der Waals surface area contributed by atoms with Crippen LogP contribution in [0.1, 0.15) is 12.6 Å². The molecule has 13 heavy (non-hydrogen) atoms. The number of aromatic amines is 1. The van der Waals surface area contributed by atoms with E-state index in [1.807, 2.05) is 19.1 Å². The molecule has 0 aliphatic rings. The van der Waals surface area contributed by atoms with E-state index >= 15 is 0 Å². The normalized spacial score (nSPS) is 10.6. The largest absolute Gasteiger partial charge is 0.340 e. The topological polar surface area (TPSA) is 28.7 Å². The summed E-state index contributed by atoms with van der Waals surface area (Å²) < 4.78 is 0. The number of pyridine rings is 1. The second-order valence-electron chi connectivity index (χ2n) is 3.05. The summed E-state index contributed by atoms with van der Waals surface area (Å²) in [6, 6.07) is 3.88. The first-order valence-corrected chi connectivity index (χ1v) is 4.35. The number of hydrogen-bond acceptors (Lipinski definition) is 1. The molecule has 3 heteroatoms. The minimum Gasteiger partial charge on any atom is -0.340 e. The van der Waals surface area contributed by atoms with E-state index in [4.69, 9.17) is 11.6 Å². The van der Waals surface area contributed by atoms with Gasteiger partial charge in [0.2, 0.25) is 0 Å². The predicted molar refractivity (Wildman–Crippen MR) is 55.8 cm³/mol. The Kier molecular flexibility index (Phi) is 1.85. The zero-order valence-electron chi connectivity index (χ0n) is 7.26. The van der Waals surface area contributed by atoms with Crippen LogP contribution in [-0.4, -0.2) is 9.97 Å². The van der Waals surface area contributed by atoms with Gasteiger partial charge in [0.15, 0.2) is 0 Å². The molecular formula is C10H9ClN2. The van der Waals surface area contributed by atoms with Crippen LogP contribution in [0.4, 0.5) is 0 Å². The SMILES string of the molecule is C=C(C)c1cc2cc(Cl)cnc2[nH]1. The second-order valence-corrected chi connectivity index (χ2v) is 3.49. The third kappa shape index (κ3) is 1.45. The van der Waals surface area contributed by atoms with Gasteiger partial charge in [0.25, 0.3) is 0 Å². The van der Waals surface area contributed by atoms with Gasteiger partial charge in [0.05, 0.1) is 5.02 Å². The van der Waals surface area contributed by atoms with Gasteiger partial charge in [-0.1, -0.05) is 18.2 Å². The van der Waals surface area contributed by atoms with Crippen molar-refractivity contribution in [1.82, 2.24) is 9.97 Å². The highest BCUT2D eigenvalue weighted by molar-refractivity contribution is 6.31. The van der Waals surface area contributed by atoms with Crippen molar-refractivity contribution in [2.24, 2.45) is 0 Å². The molecule has 0 saturated heterocycles. The van der Waals surface area contributed by atoms with E-state index in [-0.39, 0.29) is 0 Å². The molecule has 0 unspecified atom stereocenters. The molecule has 1 N–H and O–H groups in total. The minimum atomic E-state index is 0.653. The number of H-pyrrole nitrogens is 1. The maximum absolute atomic E-state index is 5.81. The molecule has 2 heterocycles. The Morgan fingerprint density at radius 1 is 1.54 bits per heavy atom. The van der Waals surface area contributed by atoms with E-state index in [1.165, 1.54) is 0 Å². The smallest absolute Gasteiger partial charge is 0.137 e. The first kappa shape index (κ1) is 8.32. The Hall–Kier alpha value is -1.28. The first-order chi connectivity index (χ1) is 6.16. The van der Waals surface area contributed by atoms with Gasteiger partial charge in [0, 0.05) is 17.3 Å². The lowest BCUT2D eigenvalue weighted by atomic mass is 10.2. The summed E-state index contributed by atoms with van der Waals surface area (Å²) in [5, 5.41) is 1.67. The van der Waals surface area contributed by atoms with Gasteiger partial charge >= 0.3 is 0 Å². The van der Waals surface area contributed by atoms with Crippen molar-refractivity contribution in [2.75, 3.05) is 0 Å². The van der Waals surface area contributed by atoms with E-state index in [9.17, 15) is 0 Å². The van der Waals surface area contributed by atoms with Crippen LogP contribution >= 0.6 is 11.6 Å². The highest BCUT2D eigenvalue weighted by atomic mass is 35.5. The summed E-state index contributed by atoms with van der Waals surface area (Å²) in [5.74, 6) is 0. The van der Waals surface area contributed by atoms with Crippen molar-refractivity contribution in [2.45, 2.75) is 6.92 Å². The quantitative estimate of drug-likeness (QED) is 0.738. The number of nitrogens with zero attached hydrogens (tertiary/aromatic N) is 1. The summed E-state index contributed by atoms with van der Waals surface area (Å²) in [7, 11) is 0. The van der Waals surface area contributed by atoms with Crippen molar-refractivity contribution in [1.29, 1.82) is 0 Å². The van der Waals surface area contributed by atoms with Gasteiger partial charge < -0.3 is 4.98 Å². The van der Waals surface area contributed by atoms with E-state index in [0.717, 1.165) is 22.3 Å². The van der Waals surface area contributed by atoms with Crippen molar-refractivity contribution in [3.63, 3.8) is 0 Å². The summed E-state index contributed by atoms with van der Waals surface area (Å²) in [6.07, 6.45) is 1.63. The van der Waals surface area contributed by atoms with Crippen LogP contribution < -0.4 is 0 Å². The third-order valence-electron chi connectivity index (χ3n) is 1.90. The van der Waals surface area contributed by atoms with Crippen LogP contribution in [0.3, 0.4) is 0 Å². The Labute approximate surface area is 81.3 Å². The number of fused-ring (bicyclic) bond motifs is 1. The predicted octanol–water partition coefficient (Wildman–Crippen LogP) is 3.25. The Morgan fingerprint density at radius 3 is 3.00 bits per heavy atom. The van der Waals surface area contributed by atoms with Crippen molar-refractivity contribution >= 4 is 28.2 Å². The number of allylic oxidation sites excluding steroid dienone is 1. The molecule has 0 spiro atoms. The van der Waals surface area contributed by atoms with Crippen LogP contribution in [-0.2, 0) is 0 Å². The fraction of sp³-hybridized carbons (Fsp3) is 0.100. The highest BCUT2D eigenvalue weighted by Gasteiger charge is 2.02. The molecule has 2 rings (SSSR count). The molecule has 0 atom stereocenters.